The number of nitrogens with one attached hydrogen (secondary N) is 3. The highest BCUT2D eigenvalue weighted by Gasteiger charge is 2.28. The van der Waals surface area contributed by atoms with Crippen LogP contribution in [-0.2, 0) is 24.0 Å². The number of carboxylic acids is 1. The topological polar surface area (TPSA) is 214 Å². The number of amides is 4. The summed E-state index contributed by atoms with van der Waals surface area (Å²) in [4.78, 5) is 56.6. The van der Waals surface area contributed by atoms with E-state index in [0.717, 1.165) is 0 Å². The number of nitrogens with two attached hydrogens (primary N) is 2. The molecule has 0 radical (unpaired) electrons. The maximum absolute atomic E-state index is 12.0. The summed E-state index contributed by atoms with van der Waals surface area (Å²) in [5.74, 6) is -4.90. The average Bonchev–Trinajstić information content (AvgIpc) is 2.48. The van der Waals surface area contributed by atoms with Gasteiger partial charge in [-0.05, 0) is 6.92 Å². The number of carbonyl (C=O) groups excluding carboxylic acids is 4. The molecule has 0 aliphatic rings. The van der Waals surface area contributed by atoms with Crippen molar-refractivity contribution in [1.82, 2.24) is 16.0 Å². The molecule has 0 spiro atoms. The van der Waals surface area contributed by atoms with Crippen LogP contribution < -0.4 is 27.4 Å². The Morgan fingerprint density at radius 3 is 1.96 bits per heavy atom. The van der Waals surface area contributed by atoms with Crippen LogP contribution >= 0.6 is 0 Å². The van der Waals surface area contributed by atoms with Crippen molar-refractivity contribution in [3.05, 3.63) is 0 Å². The first-order chi connectivity index (χ1) is 11.1. The van der Waals surface area contributed by atoms with E-state index in [1.165, 1.54) is 6.92 Å². The Labute approximate surface area is 136 Å². The number of aliphatic hydroxyl groups excluding tert-OH is 1. The molecule has 0 bridgehead atoms. The second-order valence-corrected chi connectivity index (χ2v) is 4.88. The molecule has 0 fully saturated rings. The molecule has 9 N–H and O–H groups in total. The number of aliphatic hydroxyl groups is 1. The zero-order chi connectivity index (χ0) is 18.9. The Kier molecular flexibility index (Phi) is 8.97. The van der Waals surface area contributed by atoms with Gasteiger partial charge in [-0.15, -0.1) is 0 Å². The molecule has 3 atom stereocenters. The molecule has 4 amide bonds. The third-order valence-corrected chi connectivity index (χ3v) is 2.68. The average molecular weight is 347 g/mol. The Morgan fingerprint density at radius 2 is 1.54 bits per heavy atom. The van der Waals surface area contributed by atoms with Crippen molar-refractivity contribution in [3.63, 3.8) is 0 Å². The molecule has 3 unspecified atom stereocenters. The van der Waals surface area contributed by atoms with Crippen LogP contribution in [-0.4, -0.2) is 71.1 Å². The molecule has 0 rings (SSSR count). The highest BCUT2D eigenvalue weighted by Crippen LogP contribution is 1.95. The number of primary amides is 1. The zero-order valence-electron chi connectivity index (χ0n) is 12.9. The first-order valence-electron chi connectivity index (χ1n) is 6.83. The van der Waals surface area contributed by atoms with Crippen LogP contribution in [0.25, 0.3) is 0 Å². The lowest BCUT2D eigenvalue weighted by atomic mass is 10.1. The maximum atomic E-state index is 12.0. The van der Waals surface area contributed by atoms with Gasteiger partial charge in [0.25, 0.3) is 0 Å². The molecule has 24 heavy (non-hydrogen) atoms. The first kappa shape index (κ1) is 21.3. The van der Waals surface area contributed by atoms with Crippen LogP contribution in [0.4, 0.5) is 0 Å². The third kappa shape index (κ3) is 8.05. The largest absolute Gasteiger partial charge is 0.480 e. The predicted molar refractivity (Wildman–Crippen MR) is 79.1 cm³/mol. The second-order valence-electron chi connectivity index (χ2n) is 4.88. The second kappa shape index (κ2) is 10.1. The minimum Gasteiger partial charge on any atom is -0.480 e. The minimum absolute atomic E-state index is 0.601. The lowest BCUT2D eigenvalue weighted by Crippen LogP contribution is -2.57. The summed E-state index contributed by atoms with van der Waals surface area (Å²) >= 11 is 0. The van der Waals surface area contributed by atoms with Crippen LogP contribution in [0.3, 0.4) is 0 Å². The van der Waals surface area contributed by atoms with Gasteiger partial charge in [-0.25, -0.2) is 0 Å². The fraction of sp³-hybridized carbons (Fsp3) is 0.583. The number of carboxylic acid groups (broad SMARTS) is 1. The lowest BCUT2D eigenvalue weighted by molar-refractivity contribution is -0.139. The van der Waals surface area contributed by atoms with Crippen molar-refractivity contribution in [1.29, 1.82) is 0 Å². The monoisotopic (exact) mass is 347 g/mol. The van der Waals surface area contributed by atoms with Gasteiger partial charge < -0.3 is 37.6 Å². The van der Waals surface area contributed by atoms with E-state index in [1.807, 2.05) is 5.32 Å². The Morgan fingerprint density at radius 1 is 1.00 bits per heavy atom. The summed E-state index contributed by atoms with van der Waals surface area (Å²) in [6.45, 7) is -0.157. The summed E-state index contributed by atoms with van der Waals surface area (Å²) in [5.41, 5.74) is 10.3. The number of hydrogen-bond acceptors (Lipinski definition) is 7. The normalized spacial score (nSPS) is 14.0. The molecule has 12 nitrogen and oxygen atoms in total. The summed E-state index contributed by atoms with van der Waals surface area (Å²) in [6, 6.07) is -3.81. The van der Waals surface area contributed by atoms with E-state index in [2.05, 4.69) is 10.6 Å². The first-order valence-corrected chi connectivity index (χ1v) is 6.83. The Balaban J connectivity index is 4.94. The van der Waals surface area contributed by atoms with E-state index in [4.69, 9.17) is 21.7 Å². The van der Waals surface area contributed by atoms with Gasteiger partial charge in [-0.2, -0.15) is 0 Å². The smallest absolute Gasteiger partial charge is 0.322 e. The maximum Gasteiger partial charge on any atom is 0.322 e. The quantitative estimate of drug-likeness (QED) is 0.203. The van der Waals surface area contributed by atoms with Crippen molar-refractivity contribution in [2.75, 3.05) is 13.2 Å². The summed E-state index contributed by atoms with van der Waals surface area (Å²) < 4.78 is 0. The van der Waals surface area contributed by atoms with Crippen molar-refractivity contribution >= 4 is 29.6 Å². The minimum atomic E-state index is -1.46. The Bertz CT molecular complexity index is 508. The molecule has 0 saturated heterocycles. The van der Waals surface area contributed by atoms with Gasteiger partial charge in [0, 0.05) is 0 Å². The highest BCUT2D eigenvalue weighted by molar-refractivity contribution is 5.95. The van der Waals surface area contributed by atoms with Crippen molar-refractivity contribution in [2.24, 2.45) is 11.5 Å². The van der Waals surface area contributed by atoms with Crippen LogP contribution in [0.5, 0.6) is 0 Å². The number of aliphatic carboxylic acids is 1. The molecule has 136 valence electrons. The van der Waals surface area contributed by atoms with Crippen molar-refractivity contribution < 1.29 is 34.2 Å². The molecular formula is C12H21N5O7. The molecule has 0 aliphatic carbocycles. The molecule has 0 heterocycles. The fourth-order valence-electron chi connectivity index (χ4n) is 1.47. The molecule has 0 aliphatic heterocycles. The van der Waals surface area contributed by atoms with E-state index < -0.39 is 67.3 Å². The van der Waals surface area contributed by atoms with Crippen LogP contribution in [0.2, 0.25) is 0 Å². The Hall–Kier alpha value is -2.73. The van der Waals surface area contributed by atoms with Gasteiger partial charge in [0.1, 0.15) is 18.6 Å². The third-order valence-electron chi connectivity index (χ3n) is 2.68. The standard InChI is InChI=1S/C12H21N5O7/c1-5(13)10(22)17-7(4-18)12(24)16-6(2-8(14)19)11(23)15-3-9(20)21/h5-7,18H,2-4,13H2,1H3,(H2,14,19)(H,15,23)(H,16,24)(H,17,22)(H,20,21). The van der Waals surface area contributed by atoms with Gasteiger partial charge in [-0.3, -0.25) is 24.0 Å². The van der Waals surface area contributed by atoms with Gasteiger partial charge in [0.15, 0.2) is 0 Å². The summed E-state index contributed by atoms with van der Waals surface area (Å²) in [5, 5.41) is 23.9. The van der Waals surface area contributed by atoms with Crippen LogP contribution in [0.1, 0.15) is 13.3 Å². The van der Waals surface area contributed by atoms with Crippen molar-refractivity contribution in [2.45, 2.75) is 31.5 Å². The molecule has 0 aromatic carbocycles. The summed E-state index contributed by atoms with van der Waals surface area (Å²) in [6.07, 6.45) is -0.601. The van der Waals surface area contributed by atoms with E-state index in [-0.39, 0.29) is 0 Å². The molecule has 12 heteroatoms. The van der Waals surface area contributed by atoms with Gasteiger partial charge >= 0.3 is 5.97 Å². The molecule has 0 aromatic rings. The van der Waals surface area contributed by atoms with E-state index >= 15 is 0 Å². The van der Waals surface area contributed by atoms with E-state index in [0.29, 0.717) is 0 Å². The summed E-state index contributed by atoms with van der Waals surface area (Å²) in [7, 11) is 0. The van der Waals surface area contributed by atoms with Crippen molar-refractivity contribution in [3.8, 4) is 0 Å². The van der Waals surface area contributed by atoms with Crippen LogP contribution in [0, 0.1) is 0 Å². The van der Waals surface area contributed by atoms with Gasteiger partial charge in [0.2, 0.25) is 23.6 Å². The fourth-order valence-corrected chi connectivity index (χ4v) is 1.47. The molecular weight excluding hydrogens is 326 g/mol. The highest BCUT2D eigenvalue weighted by atomic mass is 16.4. The van der Waals surface area contributed by atoms with Gasteiger partial charge in [-0.1, -0.05) is 0 Å². The van der Waals surface area contributed by atoms with E-state index in [9.17, 15) is 24.0 Å². The molecule has 0 saturated carbocycles. The van der Waals surface area contributed by atoms with Crippen LogP contribution in [0.15, 0.2) is 0 Å². The zero-order valence-corrected chi connectivity index (χ0v) is 12.9. The number of hydrogen-bond donors (Lipinski definition) is 7. The predicted octanol–water partition coefficient (Wildman–Crippen LogP) is -4.63. The van der Waals surface area contributed by atoms with E-state index in [1.54, 1.807) is 0 Å². The molecule has 0 aromatic heterocycles. The number of rotatable bonds is 10. The SMILES string of the molecule is CC(N)C(=O)NC(CO)C(=O)NC(CC(N)=O)C(=O)NCC(=O)O. The van der Waals surface area contributed by atoms with Gasteiger partial charge in [0.05, 0.1) is 19.1 Å². The lowest BCUT2D eigenvalue weighted by Gasteiger charge is -2.21. The number of carbonyl (C=O) groups is 5.